The number of hydrogen-bond acceptors (Lipinski definition) is 3. The van der Waals surface area contributed by atoms with Crippen molar-refractivity contribution in [2.75, 3.05) is 11.1 Å². The molecule has 0 saturated heterocycles. The fraction of sp³-hybridized carbons (Fsp3) is 0. The van der Waals surface area contributed by atoms with E-state index in [2.05, 4.69) is 38.1 Å². The highest BCUT2D eigenvalue weighted by Crippen LogP contribution is 2.25. The number of nitrogen functional groups attached to an aromatic ring is 1. The second kappa shape index (κ2) is 5.53. The Kier molecular flexibility index (Phi) is 3.73. The van der Waals surface area contributed by atoms with Crippen LogP contribution in [0.2, 0.25) is 5.02 Å². The maximum Gasteiger partial charge on any atom is 0.276 e. The third-order valence-electron chi connectivity index (χ3n) is 2.98. The normalized spacial score (nSPS) is 10.8. The molecule has 0 aliphatic carbocycles. The Morgan fingerprint density at radius 1 is 1.29 bits per heavy atom. The first-order valence-corrected chi connectivity index (χ1v) is 7.50. The Hall–Kier alpha value is -1.80. The van der Waals surface area contributed by atoms with E-state index in [-0.39, 0.29) is 11.6 Å². The van der Waals surface area contributed by atoms with E-state index < -0.39 is 0 Å². The second-order valence-corrected chi connectivity index (χ2v) is 6.11. The second-order valence-electron chi connectivity index (χ2n) is 4.46. The number of carbonyl (C=O) groups excluding carboxylic acids is 1. The minimum Gasteiger partial charge on any atom is -0.399 e. The molecule has 0 atom stereocenters. The molecule has 0 bridgehead atoms. The predicted octanol–water partition coefficient (Wildman–Crippen LogP) is 3.66. The number of rotatable bonds is 2. The van der Waals surface area contributed by atoms with Crippen LogP contribution in [0.4, 0.5) is 11.4 Å². The Morgan fingerprint density at radius 2 is 2.10 bits per heavy atom. The summed E-state index contributed by atoms with van der Waals surface area (Å²) in [5.74, 6) is -0.338. The van der Waals surface area contributed by atoms with E-state index >= 15 is 0 Å². The number of halogens is 2. The number of H-pyrrole nitrogens is 1. The van der Waals surface area contributed by atoms with Gasteiger partial charge in [0.1, 0.15) is 0 Å². The molecule has 1 heterocycles. The Labute approximate surface area is 139 Å². The topological polar surface area (TPSA) is 83.8 Å². The molecular weight excluding hydrogens is 403 g/mol. The van der Waals surface area contributed by atoms with Crippen LogP contribution >= 0.6 is 34.2 Å². The zero-order chi connectivity index (χ0) is 15.0. The fourth-order valence-electron chi connectivity index (χ4n) is 1.98. The number of aromatic nitrogens is 2. The Balaban J connectivity index is 1.95. The van der Waals surface area contributed by atoms with Gasteiger partial charge < -0.3 is 11.1 Å². The van der Waals surface area contributed by atoms with Gasteiger partial charge in [-0.05, 0) is 59.0 Å². The lowest BCUT2D eigenvalue weighted by Gasteiger charge is -2.06. The van der Waals surface area contributed by atoms with Crippen LogP contribution in [0, 0.1) is 3.57 Å². The third kappa shape index (κ3) is 2.81. The lowest BCUT2D eigenvalue weighted by molar-refractivity contribution is 0.102. The molecule has 21 heavy (non-hydrogen) atoms. The first-order chi connectivity index (χ1) is 10.0. The first-order valence-electron chi connectivity index (χ1n) is 6.04. The van der Waals surface area contributed by atoms with Gasteiger partial charge in [-0.25, -0.2) is 0 Å². The molecule has 0 unspecified atom stereocenters. The molecule has 0 fully saturated rings. The molecule has 2 aromatic carbocycles. The molecule has 0 aliphatic heterocycles. The maximum atomic E-state index is 12.3. The Bertz CT molecular complexity index is 846. The minimum absolute atomic E-state index is 0.284. The van der Waals surface area contributed by atoms with Crippen molar-refractivity contribution >= 4 is 62.4 Å². The SMILES string of the molecule is Nc1ccc2[nH]nc(C(=O)Nc3ccc(I)cc3Cl)c2c1. The third-order valence-corrected chi connectivity index (χ3v) is 3.97. The molecule has 0 radical (unpaired) electrons. The zero-order valence-electron chi connectivity index (χ0n) is 10.7. The number of amides is 1. The number of fused-ring (bicyclic) bond motifs is 1. The summed E-state index contributed by atoms with van der Waals surface area (Å²) in [5, 5.41) is 10.8. The highest BCUT2D eigenvalue weighted by atomic mass is 127. The van der Waals surface area contributed by atoms with Gasteiger partial charge in [0.25, 0.3) is 5.91 Å². The molecule has 1 amide bonds. The average Bonchev–Trinajstić information content (AvgIpc) is 2.85. The van der Waals surface area contributed by atoms with E-state index in [1.54, 1.807) is 30.3 Å². The average molecular weight is 413 g/mol. The van der Waals surface area contributed by atoms with Crippen molar-refractivity contribution in [3.63, 3.8) is 0 Å². The van der Waals surface area contributed by atoms with Crippen LogP contribution in [0.25, 0.3) is 10.9 Å². The molecule has 7 heteroatoms. The van der Waals surface area contributed by atoms with Gasteiger partial charge in [-0.1, -0.05) is 11.6 Å². The number of benzene rings is 2. The van der Waals surface area contributed by atoms with Crippen molar-refractivity contribution < 1.29 is 4.79 Å². The number of carbonyl (C=O) groups is 1. The summed E-state index contributed by atoms with van der Waals surface area (Å²) in [7, 11) is 0. The summed E-state index contributed by atoms with van der Waals surface area (Å²) in [5.41, 5.74) is 7.91. The van der Waals surface area contributed by atoms with Crippen molar-refractivity contribution in [2.45, 2.75) is 0 Å². The lowest BCUT2D eigenvalue weighted by Crippen LogP contribution is -2.13. The van der Waals surface area contributed by atoms with Gasteiger partial charge in [-0.3, -0.25) is 9.89 Å². The molecule has 3 aromatic rings. The standard InChI is InChI=1S/C14H10ClIN4O/c15-10-5-7(16)1-3-12(10)18-14(21)13-9-6-8(17)2-4-11(9)19-20-13/h1-6H,17H2,(H,18,21)(H,19,20). The van der Waals surface area contributed by atoms with Crippen LogP contribution in [0.1, 0.15) is 10.5 Å². The van der Waals surface area contributed by atoms with Gasteiger partial charge in [0, 0.05) is 14.6 Å². The number of hydrogen-bond donors (Lipinski definition) is 3. The van der Waals surface area contributed by atoms with Crippen molar-refractivity contribution in [2.24, 2.45) is 0 Å². The smallest absolute Gasteiger partial charge is 0.276 e. The lowest BCUT2D eigenvalue weighted by atomic mass is 10.2. The van der Waals surface area contributed by atoms with Crippen LogP contribution in [-0.2, 0) is 0 Å². The molecule has 106 valence electrons. The van der Waals surface area contributed by atoms with Crippen LogP contribution in [0.3, 0.4) is 0 Å². The van der Waals surface area contributed by atoms with Crippen molar-refractivity contribution in [1.29, 1.82) is 0 Å². The molecule has 0 aliphatic rings. The number of nitrogens with zero attached hydrogens (tertiary/aromatic N) is 1. The molecule has 5 nitrogen and oxygen atoms in total. The molecular formula is C14H10ClIN4O. The van der Waals surface area contributed by atoms with E-state index in [0.29, 0.717) is 21.8 Å². The number of aromatic amines is 1. The predicted molar refractivity (Wildman–Crippen MR) is 92.6 cm³/mol. The monoisotopic (exact) mass is 412 g/mol. The first kappa shape index (κ1) is 14.2. The van der Waals surface area contributed by atoms with Crippen LogP contribution < -0.4 is 11.1 Å². The summed E-state index contributed by atoms with van der Waals surface area (Å²) < 4.78 is 0.994. The van der Waals surface area contributed by atoms with E-state index in [0.717, 1.165) is 9.09 Å². The number of nitrogens with one attached hydrogen (secondary N) is 2. The Morgan fingerprint density at radius 3 is 2.86 bits per heavy atom. The van der Waals surface area contributed by atoms with Gasteiger partial charge in [0.05, 0.1) is 16.2 Å². The minimum atomic E-state index is -0.338. The molecule has 1 aromatic heterocycles. The van der Waals surface area contributed by atoms with Gasteiger partial charge in [0.15, 0.2) is 5.69 Å². The van der Waals surface area contributed by atoms with Gasteiger partial charge in [0.2, 0.25) is 0 Å². The van der Waals surface area contributed by atoms with Crippen LogP contribution in [0.5, 0.6) is 0 Å². The van der Waals surface area contributed by atoms with Crippen molar-refractivity contribution in [3.8, 4) is 0 Å². The highest BCUT2D eigenvalue weighted by molar-refractivity contribution is 14.1. The van der Waals surface area contributed by atoms with Crippen LogP contribution in [0.15, 0.2) is 36.4 Å². The van der Waals surface area contributed by atoms with Crippen molar-refractivity contribution in [3.05, 3.63) is 50.7 Å². The fourth-order valence-corrected chi connectivity index (χ4v) is 2.88. The summed E-state index contributed by atoms with van der Waals surface area (Å²) in [6.07, 6.45) is 0. The number of nitrogens with two attached hydrogens (primary N) is 1. The number of anilines is 2. The van der Waals surface area contributed by atoms with Crippen LogP contribution in [-0.4, -0.2) is 16.1 Å². The molecule has 0 saturated carbocycles. The van der Waals surface area contributed by atoms with E-state index in [4.69, 9.17) is 17.3 Å². The summed E-state index contributed by atoms with van der Waals surface area (Å²) in [6.45, 7) is 0. The van der Waals surface area contributed by atoms with E-state index in [9.17, 15) is 4.79 Å². The zero-order valence-corrected chi connectivity index (χ0v) is 13.6. The highest BCUT2D eigenvalue weighted by Gasteiger charge is 2.15. The van der Waals surface area contributed by atoms with Gasteiger partial charge in [-0.2, -0.15) is 5.10 Å². The quantitative estimate of drug-likeness (QED) is 0.444. The largest absolute Gasteiger partial charge is 0.399 e. The van der Waals surface area contributed by atoms with Gasteiger partial charge in [-0.15, -0.1) is 0 Å². The van der Waals surface area contributed by atoms with Gasteiger partial charge >= 0.3 is 0 Å². The molecule has 4 N–H and O–H groups in total. The van der Waals surface area contributed by atoms with E-state index in [1.165, 1.54) is 0 Å². The summed E-state index contributed by atoms with van der Waals surface area (Å²) in [4.78, 5) is 12.3. The molecule has 3 rings (SSSR count). The van der Waals surface area contributed by atoms with Crippen molar-refractivity contribution in [1.82, 2.24) is 10.2 Å². The summed E-state index contributed by atoms with van der Waals surface area (Å²) in [6, 6.07) is 10.6. The summed E-state index contributed by atoms with van der Waals surface area (Å²) >= 11 is 8.26. The maximum absolute atomic E-state index is 12.3. The molecule has 0 spiro atoms. The van der Waals surface area contributed by atoms with E-state index in [1.807, 2.05) is 6.07 Å².